The summed E-state index contributed by atoms with van der Waals surface area (Å²) in [5.74, 6) is -0.767. The molecule has 1 aliphatic carbocycles. The molecule has 140 valence electrons. The Balaban J connectivity index is 0.000000284. The van der Waals surface area contributed by atoms with Crippen LogP contribution in [0.2, 0.25) is 5.02 Å². The van der Waals surface area contributed by atoms with Crippen LogP contribution in [0.4, 0.5) is 4.39 Å². The number of pyridine rings is 1. The number of hydroxylamine groups is 1. The van der Waals surface area contributed by atoms with Gasteiger partial charge in [-0.1, -0.05) is 49.7 Å². The van der Waals surface area contributed by atoms with E-state index in [0.717, 1.165) is 17.6 Å². The molecular formula is C20H24ClFN2O2. The quantitative estimate of drug-likeness (QED) is 0.558. The van der Waals surface area contributed by atoms with Crippen LogP contribution in [0.5, 0.6) is 0 Å². The molecular weight excluding hydrogens is 355 g/mol. The zero-order valence-electron chi connectivity index (χ0n) is 15.2. The summed E-state index contributed by atoms with van der Waals surface area (Å²) < 4.78 is 12.3. The second-order valence-corrected chi connectivity index (χ2v) is 5.89. The first kappa shape index (κ1) is 21.8. The minimum Gasteiger partial charge on any atom is -0.289 e. The van der Waals surface area contributed by atoms with E-state index in [1.165, 1.54) is 6.07 Å². The smallest absolute Gasteiger partial charge is 0.250 e. The van der Waals surface area contributed by atoms with Gasteiger partial charge in [-0.05, 0) is 48.6 Å². The van der Waals surface area contributed by atoms with E-state index in [-0.39, 0.29) is 17.6 Å². The number of benzene rings is 1. The number of hydrogen-bond acceptors (Lipinski definition) is 3. The second kappa shape index (κ2) is 11.4. The SMILES string of the molecule is CC.Cc1ccccc1F.O=C(NO)C1C=C(c2cncc(Cl)c2)CC1. The van der Waals surface area contributed by atoms with E-state index < -0.39 is 0 Å². The number of hydrogen-bond donors (Lipinski definition) is 2. The van der Waals surface area contributed by atoms with E-state index in [1.54, 1.807) is 36.9 Å². The first-order valence-corrected chi connectivity index (χ1v) is 8.85. The summed E-state index contributed by atoms with van der Waals surface area (Å²) in [6.45, 7) is 5.75. The molecule has 2 aromatic rings. The molecule has 1 aromatic carbocycles. The Labute approximate surface area is 158 Å². The summed E-state index contributed by atoms with van der Waals surface area (Å²) in [7, 11) is 0. The van der Waals surface area contributed by atoms with Gasteiger partial charge in [-0.3, -0.25) is 15.0 Å². The van der Waals surface area contributed by atoms with Gasteiger partial charge in [0, 0.05) is 12.4 Å². The van der Waals surface area contributed by atoms with E-state index in [9.17, 15) is 9.18 Å². The van der Waals surface area contributed by atoms with E-state index in [0.29, 0.717) is 17.0 Å². The molecule has 1 amide bonds. The summed E-state index contributed by atoms with van der Waals surface area (Å²) in [6, 6.07) is 8.52. The highest BCUT2D eigenvalue weighted by Crippen LogP contribution is 2.32. The summed E-state index contributed by atoms with van der Waals surface area (Å²) in [5.41, 5.74) is 4.34. The zero-order valence-corrected chi connectivity index (χ0v) is 15.9. The molecule has 0 bridgehead atoms. The normalized spacial score (nSPS) is 15.0. The molecule has 1 atom stereocenters. The molecule has 0 fully saturated rings. The van der Waals surface area contributed by atoms with Crippen molar-refractivity contribution in [2.45, 2.75) is 33.6 Å². The molecule has 0 saturated carbocycles. The average molecular weight is 379 g/mol. The lowest BCUT2D eigenvalue weighted by atomic mass is 10.1. The van der Waals surface area contributed by atoms with Crippen molar-refractivity contribution in [3.05, 3.63) is 70.8 Å². The summed E-state index contributed by atoms with van der Waals surface area (Å²) in [5, 5.41) is 9.11. The summed E-state index contributed by atoms with van der Waals surface area (Å²) in [4.78, 5) is 15.2. The summed E-state index contributed by atoms with van der Waals surface area (Å²) >= 11 is 5.84. The Morgan fingerprint density at radius 2 is 2.00 bits per heavy atom. The van der Waals surface area contributed by atoms with Crippen LogP contribution in [0, 0.1) is 18.7 Å². The van der Waals surface area contributed by atoms with Crippen LogP contribution < -0.4 is 5.48 Å². The lowest BCUT2D eigenvalue weighted by Gasteiger charge is -2.01. The van der Waals surface area contributed by atoms with Gasteiger partial charge in [0.15, 0.2) is 0 Å². The van der Waals surface area contributed by atoms with Crippen LogP contribution in [0.1, 0.15) is 37.8 Å². The van der Waals surface area contributed by atoms with E-state index in [4.69, 9.17) is 16.8 Å². The van der Waals surface area contributed by atoms with Gasteiger partial charge in [0.05, 0.1) is 10.9 Å². The predicted molar refractivity (Wildman–Crippen MR) is 102 cm³/mol. The van der Waals surface area contributed by atoms with Gasteiger partial charge in [0.2, 0.25) is 5.91 Å². The molecule has 6 heteroatoms. The molecule has 1 aliphatic rings. The topological polar surface area (TPSA) is 62.2 Å². The number of carbonyl (C=O) groups is 1. The van der Waals surface area contributed by atoms with Crippen molar-refractivity contribution in [3.8, 4) is 0 Å². The molecule has 1 heterocycles. The Kier molecular flexibility index (Phi) is 9.55. The lowest BCUT2D eigenvalue weighted by molar-refractivity contribution is -0.131. The lowest BCUT2D eigenvalue weighted by Crippen LogP contribution is -2.25. The average Bonchev–Trinajstić information content (AvgIpc) is 3.16. The number of aryl methyl sites for hydroxylation is 1. The van der Waals surface area contributed by atoms with Gasteiger partial charge < -0.3 is 0 Å². The van der Waals surface area contributed by atoms with Gasteiger partial charge in [-0.2, -0.15) is 0 Å². The van der Waals surface area contributed by atoms with Gasteiger partial charge in [-0.25, -0.2) is 9.87 Å². The number of amides is 1. The molecule has 0 radical (unpaired) electrons. The van der Waals surface area contributed by atoms with Crippen molar-refractivity contribution in [2.24, 2.45) is 5.92 Å². The van der Waals surface area contributed by atoms with E-state index >= 15 is 0 Å². The maximum Gasteiger partial charge on any atom is 0.250 e. The fraction of sp³-hybridized carbons (Fsp3) is 0.300. The Hall–Kier alpha value is -2.24. The van der Waals surface area contributed by atoms with Crippen LogP contribution in [-0.4, -0.2) is 16.1 Å². The molecule has 0 spiro atoms. The number of rotatable bonds is 2. The molecule has 0 saturated heterocycles. The number of nitrogens with one attached hydrogen (secondary N) is 1. The minimum atomic E-state index is -0.370. The van der Waals surface area contributed by atoms with Crippen molar-refractivity contribution in [3.63, 3.8) is 0 Å². The van der Waals surface area contributed by atoms with Crippen LogP contribution >= 0.6 is 11.6 Å². The highest BCUT2D eigenvalue weighted by Gasteiger charge is 2.23. The number of nitrogens with zero attached hydrogens (tertiary/aromatic N) is 1. The van der Waals surface area contributed by atoms with Crippen LogP contribution in [0.3, 0.4) is 0 Å². The fourth-order valence-electron chi connectivity index (χ4n) is 2.39. The maximum atomic E-state index is 12.3. The Morgan fingerprint density at radius 1 is 1.31 bits per heavy atom. The standard InChI is InChI=1S/C11H11ClN2O2.C7H7F.C2H6/c12-10-4-9(5-13-6-10)7-1-2-8(3-7)11(15)14-16;1-6-4-2-3-5-7(6)8;1-2/h3-6,8,16H,1-2H2,(H,14,15);2-5H,1H3;1-2H3. The molecule has 0 aliphatic heterocycles. The third-order valence-electron chi connectivity index (χ3n) is 3.73. The molecule has 26 heavy (non-hydrogen) atoms. The molecule has 3 rings (SSSR count). The first-order chi connectivity index (χ1) is 12.5. The minimum absolute atomic E-state index is 0.132. The van der Waals surface area contributed by atoms with Crippen molar-refractivity contribution in [2.75, 3.05) is 0 Å². The fourth-order valence-corrected chi connectivity index (χ4v) is 2.56. The van der Waals surface area contributed by atoms with Crippen LogP contribution in [-0.2, 0) is 4.79 Å². The first-order valence-electron chi connectivity index (χ1n) is 8.48. The van der Waals surface area contributed by atoms with Crippen LogP contribution in [0.15, 0.2) is 48.8 Å². The zero-order chi connectivity index (χ0) is 19.5. The maximum absolute atomic E-state index is 12.3. The number of aromatic nitrogens is 1. The number of allylic oxidation sites excluding steroid dienone is 1. The van der Waals surface area contributed by atoms with E-state index in [2.05, 4.69) is 4.98 Å². The van der Waals surface area contributed by atoms with Gasteiger partial charge in [0.25, 0.3) is 0 Å². The predicted octanol–water partition coefficient (Wildman–Crippen LogP) is 5.19. The van der Waals surface area contributed by atoms with Crippen molar-refractivity contribution >= 4 is 23.1 Å². The second-order valence-electron chi connectivity index (χ2n) is 5.45. The highest BCUT2D eigenvalue weighted by atomic mass is 35.5. The van der Waals surface area contributed by atoms with Gasteiger partial charge in [-0.15, -0.1) is 0 Å². The van der Waals surface area contributed by atoms with Crippen LogP contribution in [0.25, 0.3) is 5.57 Å². The molecule has 2 N–H and O–H groups in total. The van der Waals surface area contributed by atoms with Gasteiger partial charge in [0.1, 0.15) is 5.82 Å². The highest BCUT2D eigenvalue weighted by molar-refractivity contribution is 6.30. The van der Waals surface area contributed by atoms with Crippen molar-refractivity contribution < 1.29 is 14.4 Å². The van der Waals surface area contributed by atoms with E-state index in [1.807, 2.05) is 32.1 Å². The Morgan fingerprint density at radius 3 is 2.54 bits per heavy atom. The Bertz CT molecular complexity index is 729. The van der Waals surface area contributed by atoms with Gasteiger partial charge >= 0.3 is 0 Å². The molecule has 1 aromatic heterocycles. The number of carbonyl (C=O) groups excluding carboxylic acids is 1. The van der Waals surface area contributed by atoms with Crippen molar-refractivity contribution in [1.29, 1.82) is 0 Å². The monoisotopic (exact) mass is 378 g/mol. The third-order valence-corrected chi connectivity index (χ3v) is 3.93. The summed E-state index contributed by atoms with van der Waals surface area (Å²) in [6.07, 6.45) is 6.63. The molecule has 4 nitrogen and oxygen atoms in total. The number of halogens is 2. The third kappa shape index (κ3) is 6.58. The molecule has 1 unspecified atom stereocenters. The largest absolute Gasteiger partial charge is 0.289 e. The van der Waals surface area contributed by atoms with Crippen molar-refractivity contribution in [1.82, 2.24) is 10.5 Å².